The van der Waals surface area contributed by atoms with Crippen LogP contribution < -0.4 is 0 Å². The van der Waals surface area contributed by atoms with E-state index in [1.807, 2.05) is 0 Å². The van der Waals surface area contributed by atoms with E-state index >= 15 is 0 Å². The first kappa shape index (κ1) is 17.7. The van der Waals surface area contributed by atoms with Gasteiger partial charge in [0, 0.05) is 25.6 Å². The van der Waals surface area contributed by atoms with Crippen molar-refractivity contribution in [1.82, 2.24) is 0 Å². The number of carbonyl (C=O) groups is 1. The van der Waals surface area contributed by atoms with Crippen LogP contribution in [0.5, 0.6) is 0 Å². The Hall–Kier alpha value is -0.687. The van der Waals surface area contributed by atoms with Gasteiger partial charge in [-0.05, 0) is 39.5 Å². The maximum Gasteiger partial charge on any atom is 0.155 e. The summed E-state index contributed by atoms with van der Waals surface area (Å²) >= 11 is 0. The molecule has 2 nitrogen and oxygen atoms in total. The maximum atomic E-state index is 10.0. The Morgan fingerprint density at radius 2 is 1.31 bits per heavy atom. The third-order valence-electron chi connectivity index (χ3n) is 1.75. The third kappa shape index (κ3) is 15.8. The molecule has 0 saturated carbocycles. The van der Waals surface area contributed by atoms with Crippen LogP contribution in [0.3, 0.4) is 0 Å². The van der Waals surface area contributed by atoms with Gasteiger partial charge in [-0.3, -0.25) is 4.79 Å². The second kappa shape index (κ2) is 12.4. The van der Waals surface area contributed by atoms with E-state index in [1.165, 1.54) is 45.6 Å². The van der Waals surface area contributed by atoms with Gasteiger partial charge in [-0.2, -0.15) is 0 Å². The summed E-state index contributed by atoms with van der Waals surface area (Å²) in [5, 5.41) is 8.36. The van der Waals surface area contributed by atoms with Gasteiger partial charge in [-0.1, -0.05) is 24.3 Å². The van der Waals surface area contributed by atoms with Gasteiger partial charge in [0.25, 0.3) is 0 Å². The van der Waals surface area contributed by atoms with Gasteiger partial charge in [-0.25, -0.2) is 0 Å². The molecule has 0 saturated heterocycles. The molecule has 0 heterocycles. The molecule has 1 radical (unpaired) electrons. The van der Waals surface area contributed by atoms with Crippen LogP contribution in [-0.2, 0) is 24.3 Å². The van der Waals surface area contributed by atoms with E-state index in [0.29, 0.717) is 0 Å². The van der Waals surface area contributed by atoms with Crippen molar-refractivity contribution in [2.24, 2.45) is 0 Å². The van der Waals surface area contributed by atoms with Crippen LogP contribution in [0, 0.1) is 0 Å². The zero-order chi connectivity index (χ0) is 11.5. The van der Waals surface area contributed by atoms with Crippen molar-refractivity contribution in [1.29, 1.82) is 0 Å². The van der Waals surface area contributed by atoms with Crippen LogP contribution in [0.4, 0.5) is 0 Å². The topological polar surface area (TPSA) is 37.3 Å². The minimum Gasteiger partial charge on any atom is -0.512 e. The molecular weight excluding hydrogens is 291 g/mol. The van der Waals surface area contributed by atoms with Gasteiger partial charge in [0.05, 0.1) is 5.76 Å². The zero-order valence-electron chi connectivity index (χ0n) is 9.90. The van der Waals surface area contributed by atoms with E-state index < -0.39 is 0 Å². The Kier molecular flexibility index (Phi) is 13.7. The summed E-state index contributed by atoms with van der Waals surface area (Å²) in [5.74, 6) is -0.0625. The fourth-order valence-electron chi connectivity index (χ4n) is 1.15. The van der Waals surface area contributed by atoms with Gasteiger partial charge in [0.1, 0.15) is 0 Å². The molecule has 0 amide bonds. The van der Waals surface area contributed by atoms with E-state index in [9.17, 15) is 4.79 Å². The first-order valence-electron chi connectivity index (χ1n) is 5.30. The first-order chi connectivity index (χ1) is 7.13. The van der Waals surface area contributed by atoms with E-state index in [-0.39, 0.29) is 31.0 Å². The largest absolute Gasteiger partial charge is 0.512 e. The van der Waals surface area contributed by atoms with Crippen molar-refractivity contribution in [3.05, 3.63) is 36.1 Å². The average Bonchev–Trinajstić information content (AvgIpc) is 1.99. The van der Waals surface area contributed by atoms with E-state index in [1.54, 1.807) is 0 Å². The fraction of sp³-hybridized carbons (Fsp3) is 0.462. The molecule has 1 N–H and O–H groups in total. The number of hydrogen-bond donors (Lipinski definition) is 1. The van der Waals surface area contributed by atoms with Gasteiger partial charge in [-0.15, -0.1) is 0 Å². The number of carbonyl (C=O) groups excluding carboxylic acids is 1. The molecule has 0 spiro atoms. The van der Waals surface area contributed by atoms with Crippen molar-refractivity contribution in [2.45, 2.75) is 39.5 Å². The molecule has 1 aliphatic carbocycles. The molecule has 1 rings (SSSR count). The molecule has 0 aliphatic heterocycles. The van der Waals surface area contributed by atoms with Gasteiger partial charge in [0.15, 0.2) is 5.78 Å². The molecule has 93 valence electrons. The Morgan fingerprint density at radius 3 is 1.44 bits per heavy atom. The summed E-state index contributed by atoms with van der Waals surface area (Å²) in [7, 11) is 0. The number of ketones is 1. The Balaban J connectivity index is 0. The van der Waals surface area contributed by atoms with Crippen molar-refractivity contribution in [3.8, 4) is 0 Å². The summed E-state index contributed by atoms with van der Waals surface area (Å²) in [4.78, 5) is 10.0. The molecule has 0 atom stereocenters. The van der Waals surface area contributed by atoms with Crippen LogP contribution in [0.15, 0.2) is 36.1 Å². The Morgan fingerprint density at radius 1 is 1.00 bits per heavy atom. The predicted molar refractivity (Wildman–Crippen MR) is 63.8 cm³/mol. The van der Waals surface area contributed by atoms with Gasteiger partial charge < -0.3 is 5.11 Å². The number of rotatable bonds is 1. The number of aliphatic hydroxyl groups is 1. The fourth-order valence-corrected chi connectivity index (χ4v) is 1.15. The molecular formula is C13H20O2Rh. The summed E-state index contributed by atoms with van der Waals surface area (Å²) < 4.78 is 0. The van der Waals surface area contributed by atoms with Crippen LogP contribution in [0.25, 0.3) is 0 Å². The molecule has 3 heteroatoms. The van der Waals surface area contributed by atoms with Crippen molar-refractivity contribution in [2.75, 3.05) is 0 Å². The van der Waals surface area contributed by atoms with Crippen LogP contribution in [-0.4, -0.2) is 10.9 Å². The second-order valence-corrected chi connectivity index (χ2v) is 3.49. The third-order valence-corrected chi connectivity index (χ3v) is 1.75. The molecule has 0 aromatic heterocycles. The number of allylic oxidation sites excluding steroid dienone is 6. The zero-order valence-corrected chi connectivity index (χ0v) is 11.5. The number of aliphatic hydroxyl groups excluding tert-OH is 1. The van der Waals surface area contributed by atoms with Gasteiger partial charge in [0.2, 0.25) is 0 Å². The SMILES string of the molecule is C1=CCCC=CCC1.CC(=O)C=C(C)O.[Rh]. The molecule has 0 bridgehead atoms. The monoisotopic (exact) mass is 311 g/mol. The summed E-state index contributed by atoms with van der Waals surface area (Å²) in [6.45, 7) is 2.85. The normalized spacial score (nSPS) is 15.0. The first-order valence-corrected chi connectivity index (χ1v) is 5.30. The molecule has 0 unspecified atom stereocenters. The molecule has 0 aromatic carbocycles. The second-order valence-electron chi connectivity index (χ2n) is 3.49. The van der Waals surface area contributed by atoms with Crippen LogP contribution in [0.1, 0.15) is 39.5 Å². The van der Waals surface area contributed by atoms with E-state index in [0.717, 1.165) is 0 Å². The molecule has 1 aliphatic rings. The maximum absolute atomic E-state index is 10.0. The average molecular weight is 311 g/mol. The number of hydrogen-bond acceptors (Lipinski definition) is 2. The minimum atomic E-state index is -0.125. The van der Waals surface area contributed by atoms with Crippen molar-refractivity contribution < 1.29 is 29.4 Å². The Bertz CT molecular complexity index is 235. The summed E-state index contributed by atoms with van der Waals surface area (Å²) in [6, 6.07) is 0. The van der Waals surface area contributed by atoms with Crippen LogP contribution >= 0.6 is 0 Å². The van der Waals surface area contributed by atoms with E-state index in [4.69, 9.17) is 5.11 Å². The smallest absolute Gasteiger partial charge is 0.155 e. The summed E-state index contributed by atoms with van der Waals surface area (Å²) in [6.07, 6.45) is 15.2. The molecule has 0 fully saturated rings. The molecule has 0 aromatic rings. The van der Waals surface area contributed by atoms with Crippen molar-refractivity contribution >= 4 is 5.78 Å². The quantitative estimate of drug-likeness (QED) is 0.347. The van der Waals surface area contributed by atoms with E-state index in [2.05, 4.69) is 24.3 Å². The Labute approximate surface area is 111 Å². The van der Waals surface area contributed by atoms with Crippen molar-refractivity contribution in [3.63, 3.8) is 0 Å². The predicted octanol–water partition coefficient (Wildman–Crippen LogP) is 3.71. The van der Waals surface area contributed by atoms with Crippen LogP contribution in [0.2, 0.25) is 0 Å². The standard InChI is InChI=1S/C8H12.C5H8O2.Rh/c1-2-4-6-8-7-5-3-1;1-4(6)3-5(2)7;/h1-2,7-8H,3-6H2;3,6H,1-2H3;. The molecule has 16 heavy (non-hydrogen) atoms. The van der Waals surface area contributed by atoms with Gasteiger partial charge >= 0.3 is 0 Å². The minimum absolute atomic E-state index is 0. The summed E-state index contributed by atoms with van der Waals surface area (Å²) in [5.41, 5.74) is 0.